The summed E-state index contributed by atoms with van der Waals surface area (Å²) in [6, 6.07) is 2.29. The molecule has 1 aromatic carbocycles. The van der Waals surface area contributed by atoms with E-state index in [2.05, 4.69) is 15.0 Å². The van der Waals surface area contributed by atoms with E-state index >= 15 is 0 Å². The SMILES string of the molecule is O=C(Nc1cc(F)c(F)cc1C(=O)O)c1ccno1. The third-order valence-corrected chi connectivity index (χ3v) is 2.20. The minimum atomic E-state index is -1.51. The van der Waals surface area contributed by atoms with E-state index in [4.69, 9.17) is 5.11 Å². The van der Waals surface area contributed by atoms with Crippen molar-refractivity contribution in [1.82, 2.24) is 5.16 Å². The van der Waals surface area contributed by atoms with Crippen LogP contribution in [0.1, 0.15) is 20.9 Å². The molecule has 98 valence electrons. The number of hydrogen-bond acceptors (Lipinski definition) is 4. The van der Waals surface area contributed by atoms with Crippen molar-refractivity contribution in [1.29, 1.82) is 0 Å². The van der Waals surface area contributed by atoms with E-state index < -0.39 is 29.1 Å². The maximum absolute atomic E-state index is 13.1. The summed E-state index contributed by atoms with van der Waals surface area (Å²) in [6.07, 6.45) is 1.21. The van der Waals surface area contributed by atoms with Crippen molar-refractivity contribution >= 4 is 17.6 Å². The predicted molar refractivity (Wildman–Crippen MR) is 57.8 cm³/mol. The fourth-order valence-corrected chi connectivity index (χ4v) is 1.34. The maximum Gasteiger partial charge on any atom is 0.337 e. The average Bonchev–Trinajstić information content (AvgIpc) is 2.86. The first-order valence-corrected chi connectivity index (χ1v) is 4.93. The molecule has 2 N–H and O–H groups in total. The van der Waals surface area contributed by atoms with Gasteiger partial charge in [0.1, 0.15) is 0 Å². The van der Waals surface area contributed by atoms with Gasteiger partial charge in [0.2, 0.25) is 5.76 Å². The van der Waals surface area contributed by atoms with Crippen LogP contribution in [0.25, 0.3) is 0 Å². The molecule has 6 nitrogen and oxygen atoms in total. The highest BCUT2D eigenvalue weighted by Crippen LogP contribution is 2.21. The Morgan fingerprint density at radius 1 is 1.26 bits per heavy atom. The first kappa shape index (κ1) is 12.7. The molecule has 0 aliphatic heterocycles. The zero-order valence-corrected chi connectivity index (χ0v) is 9.18. The molecular formula is C11H6F2N2O4. The summed E-state index contributed by atoms with van der Waals surface area (Å²) in [5, 5.41) is 14.2. The van der Waals surface area contributed by atoms with Crippen molar-refractivity contribution in [2.75, 3.05) is 5.32 Å². The van der Waals surface area contributed by atoms with Gasteiger partial charge in [-0.2, -0.15) is 0 Å². The van der Waals surface area contributed by atoms with Gasteiger partial charge in [0.05, 0.1) is 17.4 Å². The van der Waals surface area contributed by atoms with Gasteiger partial charge in [0, 0.05) is 12.1 Å². The van der Waals surface area contributed by atoms with Gasteiger partial charge in [-0.05, 0) is 6.07 Å². The summed E-state index contributed by atoms with van der Waals surface area (Å²) >= 11 is 0. The fourth-order valence-electron chi connectivity index (χ4n) is 1.34. The number of rotatable bonds is 3. The normalized spacial score (nSPS) is 10.2. The van der Waals surface area contributed by atoms with Crippen molar-refractivity contribution in [3.63, 3.8) is 0 Å². The fraction of sp³-hybridized carbons (Fsp3) is 0. The van der Waals surface area contributed by atoms with Gasteiger partial charge in [0.25, 0.3) is 5.91 Å². The van der Waals surface area contributed by atoms with Crippen LogP contribution in [0.5, 0.6) is 0 Å². The van der Waals surface area contributed by atoms with Gasteiger partial charge in [0.15, 0.2) is 11.6 Å². The highest BCUT2D eigenvalue weighted by atomic mass is 19.2. The van der Waals surface area contributed by atoms with Crippen LogP contribution < -0.4 is 5.32 Å². The zero-order chi connectivity index (χ0) is 14.0. The lowest BCUT2D eigenvalue weighted by molar-refractivity contribution is 0.0697. The molecule has 0 spiro atoms. The second-order valence-corrected chi connectivity index (χ2v) is 3.45. The van der Waals surface area contributed by atoms with Gasteiger partial charge >= 0.3 is 5.97 Å². The van der Waals surface area contributed by atoms with E-state index in [1.165, 1.54) is 12.3 Å². The Bertz CT molecular complexity index is 640. The van der Waals surface area contributed by atoms with Gasteiger partial charge in [-0.1, -0.05) is 5.16 Å². The molecule has 1 amide bonds. The van der Waals surface area contributed by atoms with Gasteiger partial charge < -0.3 is 14.9 Å². The van der Waals surface area contributed by atoms with Gasteiger partial charge in [-0.15, -0.1) is 0 Å². The number of hydrogen-bond donors (Lipinski definition) is 2. The lowest BCUT2D eigenvalue weighted by Crippen LogP contribution is -2.15. The average molecular weight is 268 g/mol. The lowest BCUT2D eigenvalue weighted by Gasteiger charge is -2.07. The summed E-state index contributed by atoms with van der Waals surface area (Å²) in [5.74, 6) is -5.13. The Balaban J connectivity index is 2.36. The molecule has 0 bridgehead atoms. The van der Waals surface area contributed by atoms with E-state index in [1.54, 1.807) is 0 Å². The van der Waals surface area contributed by atoms with Crippen LogP contribution in [0, 0.1) is 11.6 Å². The first-order chi connectivity index (χ1) is 8.99. The summed E-state index contributed by atoms with van der Waals surface area (Å²) in [5.41, 5.74) is -0.959. The molecule has 0 unspecified atom stereocenters. The number of nitrogens with zero attached hydrogens (tertiary/aromatic N) is 1. The van der Waals surface area contributed by atoms with Crippen molar-refractivity contribution in [3.05, 3.63) is 47.4 Å². The number of carboxylic acids is 1. The summed E-state index contributed by atoms with van der Waals surface area (Å²) in [7, 11) is 0. The molecule has 0 radical (unpaired) electrons. The molecule has 0 atom stereocenters. The topological polar surface area (TPSA) is 92.4 Å². The third-order valence-electron chi connectivity index (χ3n) is 2.20. The molecule has 2 aromatic rings. The van der Waals surface area contributed by atoms with Gasteiger partial charge in [-0.3, -0.25) is 4.79 Å². The molecule has 0 saturated carbocycles. The minimum absolute atomic E-state index is 0.193. The largest absolute Gasteiger partial charge is 0.478 e. The number of carbonyl (C=O) groups excluding carboxylic acids is 1. The molecule has 0 aliphatic rings. The van der Waals surface area contributed by atoms with E-state index in [0.717, 1.165) is 0 Å². The summed E-state index contributed by atoms with van der Waals surface area (Å²) < 4.78 is 30.6. The molecular weight excluding hydrogens is 262 g/mol. The molecule has 2 rings (SSSR count). The van der Waals surface area contributed by atoms with Crippen molar-refractivity contribution in [2.45, 2.75) is 0 Å². The molecule has 8 heteroatoms. The van der Waals surface area contributed by atoms with Crippen molar-refractivity contribution in [2.24, 2.45) is 0 Å². The van der Waals surface area contributed by atoms with Crippen LogP contribution >= 0.6 is 0 Å². The smallest absolute Gasteiger partial charge is 0.337 e. The first-order valence-electron chi connectivity index (χ1n) is 4.93. The van der Waals surface area contributed by atoms with Crippen LogP contribution in [0.3, 0.4) is 0 Å². The van der Waals surface area contributed by atoms with E-state index in [1.807, 2.05) is 0 Å². The number of anilines is 1. The number of halogens is 2. The minimum Gasteiger partial charge on any atom is -0.478 e. The number of aromatic nitrogens is 1. The molecule has 0 fully saturated rings. The number of benzene rings is 1. The lowest BCUT2D eigenvalue weighted by atomic mass is 10.1. The summed E-state index contributed by atoms with van der Waals surface area (Å²) in [6.45, 7) is 0. The van der Waals surface area contributed by atoms with E-state index in [9.17, 15) is 18.4 Å². The Morgan fingerprint density at radius 3 is 2.53 bits per heavy atom. The number of nitrogens with one attached hydrogen (secondary N) is 1. The maximum atomic E-state index is 13.1. The molecule has 0 saturated heterocycles. The highest BCUT2D eigenvalue weighted by molar-refractivity contribution is 6.06. The van der Waals surface area contributed by atoms with Crippen LogP contribution in [0.15, 0.2) is 28.9 Å². The Labute approximate surface area is 104 Å². The van der Waals surface area contributed by atoms with Crippen LogP contribution in [0.4, 0.5) is 14.5 Å². The molecule has 0 aliphatic carbocycles. The summed E-state index contributed by atoms with van der Waals surface area (Å²) in [4.78, 5) is 22.5. The van der Waals surface area contributed by atoms with Crippen molar-refractivity contribution < 1.29 is 28.0 Å². The number of amides is 1. The highest BCUT2D eigenvalue weighted by Gasteiger charge is 2.18. The molecule has 1 aromatic heterocycles. The Hall–Kier alpha value is -2.77. The van der Waals surface area contributed by atoms with Crippen LogP contribution in [-0.2, 0) is 0 Å². The van der Waals surface area contributed by atoms with Crippen LogP contribution in [-0.4, -0.2) is 22.1 Å². The second kappa shape index (κ2) is 4.84. The quantitative estimate of drug-likeness (QED) is 0.886. The third kappa shape index (κ3) is 2.57. The molecule has 19 heavy (non-hydrogen) atoms. The Morgan fingerprint density at radius 2 is 1.95 bits per heavy atom. The van der Waals surface area contributed by atoms with Crippen molar-refractivity contribution in [3.8, 4) is 0 Å². The van der Waals surface area contributed by atoms with E-state index in [0.29, 0.717) is 12.1 Å². The standard InChI is InChI=1S/C11H6F2N2O4/c12-6-3-5(11(17)18)8(4-7(6)13)15-10(16)9-1-2-14-19-9/h1-4H,(H,15,16)(H,17,18). The van der Waals surface area contributed by atoms with Gasteiger partial charge in [-0.25, -0.2) is 13.6 Å². The van der Waals surface area contributed by atoms with E-state index in [-0.39, 0.29) is 11.4 Å². The number of aromatic carboxylic acids is 1. The predicted octanol–water partition coefficient (Wildman–Crippen LogP) is 1.90. The van der Waals surface area contributed by atoms with Crippen LogP contribution in [0.2, 0.25) is 0 Å². The second-order valence-electron chi connectivity index (χ2n) is 3.45. The number of carboxylic acid groups (broad SMARTS) is 1. The molecule has 1 heterocycles. The Kier molecular flexibility index (Phi) is 3.23. The monoisotopic (exact) mass is 268 g/mol. The zero-order valence-electron chi connectivity index (χ0n) is 9.18. The number of carbonyl (C=O) groups is 2.